The van der Waals surface area contributed by atoms with Crippen molar-refractivity contribution in [1.82, 2.24) is 15.8 Å². The van der Waals surface area contributed by atoms with E-state index in [1.54, 1.807) is 6.07 Å². The van der Waals surface area contributed by atoms with Crippen molar-refractivity contribution < 1.29 is 14.0 Å². The lowest BCUT2D eigenvalue weighted by atomic mass is 10.3. The Hall–Kier alpha value is -2.87. The van der Waals surface area contributed by atoms with Crippen LogP contribution in [0.1, 0.15) is 10.5 Å². The van der Waals surface area contributed by atoms with Crippen molar-refractivity contribution in [3.05, 3.63) is 53.3 Å². The van der Waals surface area contributed by atoms with Crippen LogP contribution in [0.25, 0.3) is 10.2 Å². The first-order valence-electron chi connectivity index (χ1n) is 6.31. The normalized spacial score (nSPS) is 10.4. The van der Waals surface area contributed by atoms with Gasteiger partial charge >= 0.3 is 6.03 Å². The summed E-state index contributed by atoms with van der Waals surface area (Å²) in [5.41, 5.74) is 6.13. The largest absolute Gasteiger partial charge is 0.350 e. The number of aromatic amines is 1. The standard InChI is InChI=1S/C14H11FN4O2S/c15-8-1-3-9(4-2-8)16-14(21)19-18-13(20)11-7-12-10(17-11)5-6-22-12/h1-7,17H,(H,18,20)(H2,16,19,21). The molecule has 2 heterocycles. The van der Waals surface area contributed by atoms with Gasteiger partial charge in [-0.3, -0.25) is 10.2 Å². The van der Waals surface area contributed by atoms with E-state index in [-0.39, 0.29) is 0 Å². The number of amides is 3. The van der Waals surface area contributed by atoms with E-state index in [4.69, 9.17) is 0 Å². The number of hydrogen-bond donors (Lipinski definition) is 4. The summed E-state index contributed by atoms with van der Waals surface area (Å²) in [5, 5.41) is 4.37. The molecule has 22 heavy (non-hydrogen) atoms. The molecule has 112 valence electrons. The molecular weight excluding hydrogens is 307 g/mol. The summed E-state index contributed by atoms with van der Waals surface area (Å²) in [6.07, 6.45) is 0. The molecule has 4 N–H and O–H groups in total. The zero-order valence-corrected chi connectivity index (χ0v) is 12.0. The number of carbonyl (C=O) groups excluding carboxylic acids is 2. The third-order valence-corrected chi connectivity index (χ3v) is 3.74. The van der Waals surface area contributed by atoms with Crippen LogP contribution in [0.4, 0.5) is 14.9 Å². The molecular formula is C14H11FN4O2S. The average Bonchev–Trinajstić information content (AvgIpc) is 3.08. The van der Waals surface area contributed by atoms with Gasteiger partial charge in [0.05, 0.1) is 10.2 Å². The van der Waals surface area contributed by atoms with E-state index in [0.29, 0.717) is 11.4 Å². The minimum Gasteiger partial charge on any atom is -0.350 e. The molecule has 0 fully saturated rings. The summed E-state index contributed by atoms with van der Waals surface area (Å²) in [4.78, 5) is 26.4. The minimum absolute atomic E-state index is 0.351. The molecule has 0 aliphatic rings. The zero-order chi connectivity index (χ0) is 15.5. The van der Waals surface area contributed by atoms with Crippen molar-refractivity contribution in [2.24, 2.45) is 0 Å². The van der Waals surface area contributed by atoms with Gasteiger partial charge in [0.15, 0.2) is 0 Å². The Balaban J connectivity index is 1.55. The number of anilines is 1. The van der Waals surface area contributed by atoms with Crippen LogP contribution in [0.15, 0.2) is 41.8 Å². The molecule has 3 rings (SSSR count). The molecule has 3 aromatic rings. The monoisotopic (exact) mass is 318 g/mol. The molecule has 2 aromatic heterocycles. The van der Waals surface area contributed by atoms with E-state index in [9.17, 15) is 14.0 Å². The van der Waals surface area contributed by atoms with Gasteiger partial charge in [-0.25, -0.2) is 14.6 Å². The Bertz CT molecular complexity index is 796. The second kappa shape index (κ2) is 5.86. The SMILES string of the molecule is O=C(NNC(=O)c1cc2sccc2[nH]1)Nc1ccc(F)cc1. The van der Waals surface area contributed by atoms with E-state index >= 15 is 0 Å². The number of nitrogens with one attached hydrogen (secondary N) is 4. The van der Waals surface area contributed by atoms with Gasteiger partial charge in [-0.2, -0.15) is 0 Å². The van der Waals surface area contributed by atoms with Gasteiger partial charge in [0.1, 0.15) is 11.5 Å². The highest BCUT2D eigenvalue weighted by Crippen LogP contribution is 2.20. The number of fused-ring (bicyclic) bond motifs is 1. The smallest absolute Gasteiger partial charge is 0.337 e. The quantitative estimate of drug-likeness (QED) is 0.548. The van der Waals surface area contributed by atoms with Crippen LogP contribution in [-0.4, -0.2) is 16.9 Å². The maximum atomic E-state index is 12.7. The van der Waals surface area contributed by atoms with Gasteiger partial charge in [0, 0.05) is 5.69 Å². The van der Waals surface area contributed by atoms with Gasteiger partial charge in [0.25, 0.3) is 5.91 Å². The fourth-order valence-corrected chi connectivity index (χ4v) is 2.63. The average molecular weight is 318 g/mol. The van der Waals surface area contributed by atoms with Crippen LogP contribution in [0.3, 0.4) is 0 Å². The molecule has 0 unspecified atom stereocenters. The van der Waals surface area contributed by atoms with Crippen molar-refractivity contribution in [3.8, 4) is 0 Å². The number of urea groups is 1. The van der Waals surface area contributed by atoms with Crippen LogP contribution in [0.2, 0.25) is 0 Å². The van der Waals surface area contributed by atoms with Crippen LogP contribution in [0, 0.1) is 5.82 Å². The van der Waals surface area contributed by atoms with Crippen molar-refractivity contribution in [3.63, 3.8) is 0 Å². The first-order valence-corrected chi connectivity index (χ1v) is 7.19. The molecule has 0 radical (unpaired) electrons. The maximum absolute atomic E-state index is 12.7. The molecule has 0 saturated carbocycles. The number of aromatic nitrogens is 1. The summed E-state index contributed by atoms with van der Waals surface area (Å²) in [6.45, 7) is 0. The molecule has 6 nitrogen and oxygen atoms in total. The first kappa shape index (κ1) is 14.1. The van der Waals surface area contributed by atoms with E-state index < -0.39 is 17.8 Å². The first-order chi connectivity index (χ1) is 10.6. The van der Waals surface area contributed by atoms with Crippen molar-refractivity contribution in [1.29, 1.82) is 0 Å². The maximum Gasteiger partial charge on any atom is 0.337 e. The fourth-order valence-electron chi connectivity index (χ4n) is 1.85. The van der Waals surface area contributed by atoms with Crippen molar-refractivity contribution >= 4 is 39.2 Å². The van der Waals surface area contributed by atoms with Crippen molar-refractivity contribution in [2.75, 3.05) is 5.32 Å². The molecule has 0 saturated heterocycles. The lowest BCUT2D eigenvalue weighted by Crippen LogP contribution is -2.44. The summed E-state index contributed by atoms with van der Waals surface area (Å²) >= 11 is 1.51. The second-order valence-corrected chi connectivity index (χ2v) is 5.37. The molecule has 0 bridgehead atoms. The van der Waals surface area contributed by atoms with Gasteiger partial charge < -0.3 is 10.3 Å². The molecule has 0 spiro atoms. The summed E-state index contributed by atoms with van der Waals surface area (Å²) in [7, 11) is 0. The highest BCUT2D eigenvalue weighted by Gasteiger charge is 2.11. The number of hydrazine groups is 1. The molecule has 1 aromatic carbocycles. The summed E-state index contributed by atoms with van der Waals surface area (Å²) < 4.78 is 13.7. The Morgan fingerprint density at radius 3 is 2.59 bits per heavy atom. The van der Waals surface area contributed by atoms with Gasteiger partial charge in [-0.05, 0) is 41.8 Å². The number of halogens is 1. The third kappa shape index (κ3) is 3.07. The van der Waals surface area contributed by atoms with E-state index in [0.717, 1.165) is 10.2 Å². The van der Waals surface area contributed by atoms with E-state index in [1.807, 2.05) is 11.4 Å². The topological polar surface area (TPSA) is 86.0 Å². The number of thiophene rings is 1. The Labute approximate surface area is 128 Å². The van der Waals surface area contributed by atoms with Crippen LogP contribution in [-0.2, 0) is 0 Å². The lowest BCUT2D eigenvalue weighted by molar-refractivity contribution is 0.0934. The van der Waals surface area contributed by atoms with Gasteiger partial charge in [-0.15, -0.1) is 11.3 Å². The summed E-state index contributed by atoms with van der Waals surface area (Å²) in [6, 6.07) is 8.21. The molecule has 8 heteroatoms. The highest BCUT2D eigenvalue weighted by atomic mass is 32.1. The molecule has 0 aliphatic heterocycles. The van der Waals surface area contributed by atoms with E-state index in [1.165, 1.54) is 35.6 Å². The Kier molecular flexibility index (Phi) is 3.75. The molecule has 0 atom stereocenters. The predicted octanol–water partition coefficient (Wildman–Crippen LogP) is 2.84. The van der Waals surface area contributed by atoms with E-state index in [2.05, 4.69) is 21.2 Å². The second-order valence-electron chi connectivity index (χ2n) is 4.42. The van der Waals surface area contributed by atoms with Crippen molar-refractivity contribution in [2.45, 2.75) is 0 Å². The number of hydrogen-bond acceptors (Lipinski definition) is 3. The van der Waals surface area contributed by atoms with Crippen LogP contribution >= 0.6 is 11.3 Å². The third-order valence-electron chi connectivity index (χ3n) is 2.88. The summed E-state index contributed by atoms with van der Waals surface area (Å²) in [5.74, 6) is -0.858. The van der Waals surface area contributed by atoms with Crippen LogP contribution < -0.4 is 16.2 Å². The van der Waals surface area contributed by atoms with Gasteiger partial charge in [-0.1, -0.05) is 0 Å². The highest BCUT2D eigenvalue weighted by molar-refractivity contribution is 7.17. The Morgan fingerprint density at radius 1 is 1.09 bits per heavy atom. The number of rotatable bonds is 2. The minimum atomic E-state index is -0.631. The predicted molar refractivity (Wildman–Crippen MR) is 82.2 cm³/mol. The number of benzene rings is 1. The molecule has 0 aliphatic carbocycles. The lowest BCUT2D eigenvalue weighted by Gasteiger charge is -2.08. The number of H-pyrrole nitrogens is 1. The molecule has 3 amide bonds. The zero-order valence-electron chi connectivity index (χ0n) is 11.1. The number of carbonyl (C=O) groups is 2. The van der Waals surface area contributed by atoms with Gasteiger partial charge in [0.2, 0.25) is 0 Å². The van der Waals surface area contributed by atoms with Crippen LogP contribution in [0.5, 0.6) is 0 Å². The Morgan fingerprint density at radius 2 is 1.86 bits per heavy atom. The fraction of sp³-hybridized carbons (Fsp3) is 0.